The first-order valence-corrected chi connectivity index (χ1v) is 14.6. The Morgan fingerprint density at radius 1 is 1.03 bits per heavy atom. The first-order valence-electron chi connectivity index (χ1n) is 14.6. The van der Waals surface area contributed by atoms with Crippen molar-refractivity contribution in [3.05, 3.63) is 11.6 Å². The zero-order valence-electron chi connectivity index (χ0n) is 24.4. The van der Waals surface area contributed by atoms with Gasteiger partial charge in [0.05, 0.1) is 18.3 Å². The van der Waals surface area contributed by atoms with E-state index in [0.717, 1.165) is 44.1 Å². The summed E-state index contributed by atoms with van der Waals surface area (Å²) < 4.78 is 11.7. The molecule has 6 aliphatic rings. The summed E-state index contributed by atoms with van der Waals surface area (Å²) in [5.41, 5.74) is -0.110. The largest absolute Gasteiger partial charge is 0.393 e. The Morgan fingerprint density at radius 2 is 1.68 bits per heavy atom. The predicted octanol–water partition coefficient (Wildman–Crippen LogP) is 4.43. The fraction of sp³-hybridized carbons (Fsp3) is 0.935. The molecule has 6 fully saturated rings. The fourth-order valence-electron chi connectivity index (χ4n) is 10.7. The summed E-state index contributed by atoms with van der Waals surface area (Å²) in [6.07, 6.45) is 6.00. The van der Waals surface area contributed by atoms with Crippen molar-refractivity contribution in [1.82, 2.24) is 0 Å². The Labute approximate surface area is 223 Å². The molecular weight excluding hydrogens is 468 g/mol. The second-order valence-corrected chi connectivity index (χ2v) is 15.1. The molecule has 2 bridgehead atoms. The van der Waals surface area contributed by atoms with E-state index in [1.807, 2.05) is 6.08 Å². The third kappa shape index (κ3) is 3.51. The van der Waals surface area contributed by atoms with Crippen LogP contribution >= 0.6 is 0 Å². The Kier molecular flexibility index (Phi) is 6.44. The van der Waals surface area contributed by atoms with Crippen LogP contribution in [-0.4, -0.2) is 63.8 Å². The minimum absolute atomic E-state index is 0.0245. The SMILES string of the molecule is COC(C)(C)C(O)C(O)/C=C(\C)[C@H]1CC[C@]2(C)[C@@H]1C[C@@H](O)[C@@H]1C34CC[C@](O)(OC3)C(C)(C)[C@@H]4CC[C@]12C. The summed E-state index contributed by atoms with van der Waals surface area (Å²) in [5.74, 6) is 0.0472. The number of hydrogen-bond donors (Lipinski definition) is 4. The van der Waals surface area contributed by atoms with Crippen molar-refractivity contribution >= 4 is 0 Å². The van der Waals surface area contributed by atoms with Crippen LogP contribution in [0.15, 0.2) is 11.6 Å². The molecule has 212 valence electrons. The van der Waals surface area contributed by atoms with Crippen LogP contribution in [0.5, 0.6) is 0 Å². The highest BCUT2D eigenvalue weighted by atomic mass is 16.6. The van der Waals surface area contributed by atoms with Crippen molar-refractivity contribution in [2.45, 2.75) is 123 Å². The van der Waals surface area contributed by atoms with Crippen molar-refractivity contribution in [2.24, 2.45) is 45.3 Å². The Balaban J connectivity index is 1.46. The molecule has 3 unspecified atom stereocenters. The lowest BCUT2D eigenvalue weighted by atomic mass is 9.33. The Hall–Kier alpha value is -0.500. The van der Waals surface area contributed by atoms with Gasteiger partial charge in [-0.15, -0.1) is 0 Å². The van der Waals surface area contributed by atoms with E-state index in [1.54, 1.807) is 21.0 Å². The van der Waals surface area contributed by atoms with Gasteiger partial charge in [0.15, 0.2) is 5.79 Å². The molecular formula is C31H52O6. The van der Waals surface area contributed by atoms with Gasteiger partial charge in [-0.2, -0.15) is 0 Å². The zero-order chi connectivity index (χ0) is 27.4. The van der Waals surface area contributed by atoms with Crippen molar-refractivity contribution < 1.29 is 29.9 Å². The number of rotatable bonds is 5. The van der Waals surface area contributed by atoms with Gasteiger partial charge in [-0.1, -0.05) is 39.3 Å². The lowest BCUT2D eigenvalue weighted by Gasteiger charge is -2.74. The molecule has 37 heavy (non-hydrogen) atoms. The highest BCUT2D eigenvalue weighted by Gasteiger charge is 2.75. The van der Waals surface area contributed by atoms with E-state index in [1.165, 1.54) is 0 Å². The molecule has 6 nitrogen and oxygen atoms in total. The van der Waals surface area contributed by atoms with Gasteiger partial charge in [0, 0.05) is 24.4 Å². The van der Waals surface area contributed by atoms with Crippen LogP contribution in [0, 0.1) is 45.3 Å². The third-order valence-electron chi connectivity index (χ3n) is 13.4. The van der Waals surface area contributed by atoms with Gasteiger partial charge < -0.3 is 29.9 Å². The van der Waals surface area contributed by atoms with Crippen LogP contribution < -0.4 is 0 Å². The van der Waals surface area contributed by atoms with Gasteiger partial charge in [-0.3, -0.25) is 0 Å². The zero-order valence-corrected chi connectivity index (χ0v) is 24.4. The van der Waals surface area contributed by atoms with Crippen LogP contribution in [0.4, 0.5) is 0 Å². The third-order valence-corrected chi connectivity index (χ3v) is 13.4. The van der Waals surface area contributed by atoms with E-state index in [0.29, 0.717) is 24.9 Å². The second kappa shape index (κ2) is 8.50. The molecule has 1 spiro atoms. The first kappa shape index (κ1) is 28.0. The highest BCUT2D eigenvalue weighted by Crippen LogP contribution is 2.77. The maximum absolute atomic E-state index is 12.0. The molecule has 2 aliphatic heterocycles. The molecule has 4 aliphatic carbocycles. The number of methoxy groups -OCH3 is 1. The molecule has 4 saturated carbocycles. The summed E-state index contributed by atoms with van der Waals surface area (Å²) in [4.78, 5) is 0. The van der Waals surface area contributed by atoms with Crippen LogP contribution in [0.25, 0.3) is 0 Å². The standard InChI is InChI=1S/C31H52O6/c1-18(15-22(33)25(34)27(4,5)36-8)19-9-11-28(6)20(19)16-21(32)24-29(28,7)12-10-23-26(2,3)31(35)14-13-30(23,24)17-37-31/h15,19-25,32-35H,9-14,16-17H2,1-8H3/b18-15+/t19-,20-,21-,22?,23+,24+,25?,28-,29-,30?,31+/m1/s1. The lowest BCUT2D eigenvalue weighted by molar-refractivity contribution is -0.404. The number of aliphatic hydroxyl groups excluding tert-OH is 3. The fourth-order valence-corrected chi connectivity index (χ4v) is 10.7. The quantitative estimate of drug-likeness (QED) is 0.400. The van der Waals surface area contributed by atoms with Crippen LogP contribution in [0.2, 0.25) is 0 Å². The normalized spacial score (nSPS) is 50.7. The van der Waals surface area contributed by atoms with Crippen molar-refractivity contribution in [2.75, 3.05) is 13.7 Å². The molecule has 2 saturated heterocycles. The van der Waals surface area contributed by atoms with E-state index in [-0.39, 0.29) is 33.5 Å². The van der Waals surface area contributed by atoms with E-state index in [2.05, 4.69) is 34.6 Å². The van der Waals surface area contributed by atoms with Crippen molar-refractivity contribution in [1.29, 1.82) is 0 Å². The average molecular weight is 521 g/mol. The van der Waals surface area contributed by atoms with E-state index >= 15 is 0 Å². The van der Waals surface area contributed by atoms with Gasteiger partial charge in [0.1, 0.15) is 12.2 Å². The van der Waals surface area contributed by atoms with Crippen LogP contribution in [0.3, 0.4) is 0 Å². The maximum atomic E-state index is 12.0. The maximum Gasteiger partial charge on any atom is 0.170 e. The summed E-state index contributed by atoms with van der Waals surface area (Å²) >= 11 is 0. The number of ether oxygens (including phenoxy) is 2. The van der Waals surface area contributed by atoms with E-state index in [9.17, 15) is 20.4 Å². The minimum Gasteiger partial charge on any atom is -0.393 e. The molecule has 0 aromatic heterocycles. The van der Waals surface area contributed by atoms with Gasteiger partial charge in [-0.25, -0.2) is 0 Å². The molecule has 0 amide bonds. The van der Waals surface area contributed by atoms with Gasteiger partial charge in [0.2, 0.25) is 0 Å². The smallest absolute Gasteiger partial charge is 0.170 e. The Morgan fingerprint density at radius 3 is 2.27 bits per heavy atom. The number of fused-ring (bicyclic) bond motifs is 5. The molecule has 0 aromatic rings. The second-order valence-electron chi connectivity index (χ2n) is 15.1. The molecule has 6 rings (SSSR count). The number of aliphatic hydroxyl groups is 4. The first-order chi connectivity index (χ1) is 17.0. The molecule has 11 atom stereocenters. The molecule has 0 aromatic carbocycles. The minimum atomic E-state index is -1.05. The van der Waals surface area contributed by atoms with Crippen molar-refractivity contribution in [3.63, 3.8) is 0 Å². The van der Waals surface area contributed by atoms with Gasteiger partial charge in [0.25, 0.3) is 0 Å². The monoisotopic (exact) mass is 520 g/mol. The number of allylic oxidation sites excluding steroid dienone is 1. The summed E-state index contributed by atoms with van der Waals surface area (Å²) in [6, 6.07) is 0. The summed E-state index contributed by atoms with van der Waals surface area (Å²) in [6.45, 7) is 15.5. The molecule has 4 N–H and O–H groups in total. The van der Waals surface area contributed by atoms with Crippen LogP contribution in [0.1, 0.15) is 93.4 Å². The molecule has 6 heteroatoms. The number of hydrogen-bond acceptors (Lipinski definition) is 6. The van der Waals surface area contributed by atoms with Crippen molar-refractivity contribution in [3.8, 4) is 0 Å². The lowest BCUT2D eigenvalue weighted by Crippen LogP contribution is -2.75. The molecule has 2 heterocycles. The Bertz CT molecular complexity index is 932. The highest BCUT2D eigenvalue weighted by molar-refractivity contribution is 5.25. The van der Waals surface area contributed by atoms with Gasteiger partial charge in [-0.05, 0) is 93.8 Å². The summed E-state index contributed by atoms with van der Waals surface area (Å²) in [5, 5.41) is 44.9. The predicted molar refractivity (Wildman–Crippen MR) is 142 cm³/mol. The molecule has 0 radical (unpaired) electrons. The van der Waals surface area contributed by atoms with E-state index in [4.69, 9.17) is 9.47 Å². The van der Waals surface area contributed by atoms with E-state index < -0.39 is 29.7 Å². The summed E-state index contributed by atoms with van der Waals surface area (Å²) in [7, 11) is 1.55. The topological polar surface area (TPSA) is 99.4 Å². The average Bonchev–Trinajstić information content (AvgIpc) is 3.17. The van der Waals surface area contributed by atoms with Crippen LogP contribution in [-0.2, 0) is 9.47 Å². The van der Waals surface area contributed by atoms with Gasteiger partial charge >= 0.3 is 0 Å².